The van der Waals surface area contributed by atoms with Crippen molar-refractivity contribution in [2.45, 2.75) is 78.2 Å². The Morgan fingerprint density at radius 3 is 2.62 bits per heavy atom. The SMILES string of the molecule is CC(O)[C@H]1CC[C@H]2[C@@H]3CCC4=C/C(=N/N)CC[C@]4(C)[C@H]3CC[C@]12C. The molecule has 7 atom stereocenters. The van der Waals surface area contributed by atoms with Crippen LogP contribution in [0.1, 0.15) is 72.1 Å². The Hall–Kier alpha value is -0.830. The van der Waals surface area contributed by atoms with E-state index in [1.165, 1.54) is 44.9 Å². The van der Waals surface area contributed by atoms with Crippen molar-refractivity contribution < 1.29 is 5.11 Å². The lowest BCUT2D eigenvalue weighted by Crippen LogP contribution is -2.51. The van der Waals surface area contributed by atoms with Crippen molar-refractivity contribution in [3.05, 3.63) is 11.6 Å². The molecular weight excluding hydrogens is 296 g/mol. The van der Waals surface area contributed by atoms with E-state index in [1.54, 1.807) is 5.57 Å². The van der Waals surface area contributed by atoms with Gasteiger partial charge in [0.05, 0.1) is 11.8 Å². The summed E-state index contributed by atoms with van der Waals surface area (Å²) in [6.45, 7) is 7.03. The topological polar surface area (TPSA) is 58.6 Å². The third-order valence-electron chi connectivity index (χ3n) is 8.80. The molecule has 4 aliphatic carbocycles. The largest absolute Gasteiger partial charge is 0.393 e. The highest BCUT2D eigenvalue weighted by molar-refractivity contribution is 5.96. The van der Waals surface area contributed by atoms with Gasteiger partial charge in [0, 0.05) is 0 Å². The minimum atomic E-state index is -0.149. The summed E-state index contributed by atoms with van der Waals surface area (Å²) in [4.78, 5) is 0. The fraction of sp³-hybridized carbons (Fsp3) is 0.857. The first-order valence-electron chi connectivity index (χ1n) is 10.1. The first-order valence-corrected chi connectivity index (χ1v) is 10.1. The second kappa shape index (κ2) is 5.59. The maximum Gasteiger partial charge on any atom is 0.0600 e. The van der Waals surface area contributed by atoms with Gasteiger partial charge in [-0.2, -0.15) is 5.10 Å². The average Bonchev–Trinajstić information content (AvgIpc) is 2.91. The number of allylic oxidation sites excluding steroid dienone is 2. The minimum Gasteiger partial charge on any atom is -0.393 e. The zero-order chi connectivity index (χ0) is 17.1. The molecule has 24 heavy (non-hydrogen) atoms. The molecule has 0 aromatic carbocycles. The molecule has 134 valence electrons. The van der Waals surface area contributed by atoms with Crippen molar-refractivity contribution in [2.75, 3.05) is 0 Å². The highest BCUT2D eigenvalue weighted by Gasteiger charge is 2.59. The first-order chi connectivity index (χ1) is 11.4. The molecule has 0 aliphatic heterocycles. The van der Waals surface area contributed by atoms with E-state index in [1.807, 2.05) is 6.92 Å². The van der Waals surface area contributed by atoms with E-state index in [9.17, 15) is 5.11 Å². The van der Waals surface area contributed by atoms with Crippen LogP contribution in [0.15, 0.2) is 16.8 Å². The summed E-state index contributed by atoms with van der Waals surface area (Å²) in [6, 6.07) is 0. The summed E-state index contributed by atoms with van der Waals surface area (Å²) in [6.07, 6.45) is 12.2. The van der Waals surface area contributed by atoms with Crippen molar-refractivity contribution in [1.29, 1.82) is 0 Å². The molecule has 0 saturated heterocycles. The molecule has 0 radical (unpaired) electrons. The van der Waals surface area contributed by atoms with Gasteiger partial charge in [-0.05, 0) is 98.9 Å². The van der Waals surface area contributed by atoms with Crippen molar-refractivity contribution in [3.8, 4) is 0 Å². The second-order valence-electron chi connectivity index (χ2n) is 9.59. The Bertz CT molecular complexity index is 580. The van der Waals surface area contributed by atoms with Gasteiger partial charge in [-0.3, -0.25) is 0 Å². The highest BCUT2D eigenvalue weighted by Crippen LogP contribution is 2.66. The quantitative estimate of drug-likeness (QED) is 0.557. The number of aliphatic hydroxyl groups is 1. The molecule has 0 bridgehead atoms. The molecule has 3 fully saturated rings. The van der Waals surface area contributed by atoms with Gasteiger partial charge in [0.2, 0.25) is 0 Å². The van der Waals surface area contributed by atoms with E-state index >= 15 is 0 Å². The summed E-state index contributed by atoms with van der Waals surface area (Å²) in [5.41, 5.74) is 3.44. The van der Waals surface area contributed by atoms with E-state index in [4.69, 9.17) is 5.84 Å². The molecule has 3 N–H and O–H groups in total. The lowest BCUT2D eigenvalue weighted by molar-refractivity contribution is -0.0682. The summed E-state index contributed by atoms with van der Waals surface area (Å²) < 4.78 is 0. The zero-order valence-electron chi connectivity index (χ0n) is 15.6. The standard InChI is InChI=1S/C21H34N2O/c1-13(24)17-6-7-18-16-5-4-14-12-15(23-22)8-10-20(14,2)19(16)9-11-21(17,18)3/h12-13,16-19,24H,4-11,22H2,1-3H3/b23-15+/t13?,16-,17+,18-,19-,20-,21+/m0/s1. The van der Waals surface area contributed by atoms with Gasteiger partial charge < -0.3 is 10.9 Å². The van der Waals surface area contributed by atoms with Crippen LogP contribution in [0.5, 0.6) is 0 Å². The zero-order valence-corrected chi connectivity index (χ0v) is 15.6. The summed E-state index contributed by atoms with van der Waals surface area (Å²) in [5.74, 6) is 8.55. The molecular formula is C21H34N2O. The van der Waals surface area contributed by atoms with Crippen LogP contribution in [0.25, 0.3) is 0 Å². The highest BCUT2D eigenvalue weighted by atomic mass is 16.3. The number of nitrogens with two attached hydrogens (primary N) is 1. The van der Waals surface area contributed by atoms with E-state index in [0.29, 0.717) is 16.7 Å². The van der Waals surface area contributed by atoms with Gasteiger partial charge >= 0.3 is 0 Å². The Labute approximate surface area is 146 Å². The lowest BCUT2D eigenvalue weighted by atomic mass is 9.46. The van der Waals surface area contributed by atoms with Crippen LogP contribution in [0.4, 0.5) is 0 Å². The fourth-order valence-corrected chi connectivity index (χ4v) is 7.51. The number of rotatable bonds is 1. The summed E-state index contributed by atoms with van der Waals surface area (Å²) >= 11 is 0. The minimum absolute atomic E-state index is 0.149. The lowest BCUT2D eigenvalue weighted by Gasteiger charge is -2.58. The van der Waals surface area contributed by atoms with E-state index in [2.05, 4.69) is 25.0 Å². The molecule has 1 unspecified atom stereocenters. The maximum absolute atomic E-state index is 10.3. The van der Waals surface area contributed by atoms with Crippen LogP contribution in [0, 0.1) is 34.5 Å². The van der Waals surface area contributed by atoms with E-state index in [0.717, 1.165) is 29.9 Å². The van der Waals surface area contributed by atoms with Gasteiger partial charge in [0.15, 0.2) is 0 Å². The number of fused-ring (bicyclic) bond motifs is 5. The predicted octanol–water partition coefficient (Wildman–Crippen LogP) is 4.26. The van der Waals surface area contributed by atoms with Gasteiger partial charge in [-0.25, -0.2) is 0 Å². The molecule has 0 heterocycles. The molecule has 3 heteroatoms. The van der Waals surface area contributed by atoms with Crippen molar-refractivity contribution in [1.82, 2.24) is 0 Å². The molecule has 4 aliphatic rings. The third-order valence-corrected chi connectivity index (χ3v) is 8.80. The number of hydrogen-bond donors (Lipinski definition) is 2. The summed E-state index contributed by atoms with van der Waals surface area (Å²) in [5, 5.41) is 14.3. The van der Waals surface area contributed by atoms with Gasteiger partial charge in [0.1, 0.15) is 0 Å². The van der Waals surface area contributed by atoms with Crippen molar-refractivity contribution in [3.63, 3.8) is 0 Å². The molecule has 0 spiro atoms. The van der Waals surface area contributed by atoms with Crippen molar-refractivity contribution >= 4 is 5.71 Å². The Morgan fingerprint density at radius 2 is 1.92 bits per heavy atom. The molecule has 3 saturated carbocycles. The molecule has 0 aromatic heterocycles. The number of aliphatic hydroxyl groups excluding tert-OH is 1. The Balaban J connectivity index is 1.65. The van der Waals surface area contributed by atoms with Crippen LogP contribution < -0.4 is 5.84 Å². The van der Waals surface area contributed by atoms with Crippen LogP contribution >= 0.6 is 0 Å². The van der Waals surface area contributed by atoms with Gasteiger partial charge in [-0.15, -0.1) is 0 Å². The summed E-state index contributed by atoms with van der Waals surface area (Å²) in [7, 11) is 0. The van der Waals surface area contributed by atoms with Gasteiger partial charge in [-0.1, -0.05) is 19.4 Å². The monoisotopic (exact) mass is 330 g/mol. The fourth-order valence-electron chi connectivity index (χ4n) is 7.51. The Kier molecular flexibility index (Phi) is 3.87. The van der Waals surface area contributed by atoms with E-state index in [-0.39, 0.29) is 6.10 Å². The van der Waals surface area contributed by atoms with Gasteiger partial charge in [0.25, 0.3) is 0 Å². The molecule has 4 rings (SSSR count). The van der Waals surface area contributed by atoms with Crippen LogP contribution in [-0.4, -0.2) is 16.9 Å². The van der Waals surface area contributed by atoms with Crippen LogP contribution in [0.3, 0.4) is 0 Å². The third kappa shape index (κ3) is 2.16. The first kappa shape index (κ1) is 16.6. The number of hydrazone groups is 1. The normalized spacial score (nSPS) is 50.7. The molecule has 0 amide bonds. The molecule has 0 aromatic rings. The number of nitrogens with zero attached hydrogens (tertiary/aromatic N) is 1. The van der Waals surface area contributed by atoms with Crippen LogP contribution in [-0.2, 0) is 0 Å². The average molecular weight is 331 g/mol. The second-order valence-corrected chi connectivity index (χ2v) is 9.59. The number of hydrogen-bond acceptors (Lipinski definition) is 3. The maximum atomic E-state index is 10.3. The predicted molar refractivity (Wildman–Crippen MR) is 98.5 cm³/mol. The smallest absolute Gasteiger partial charge is 0.0600 e. The van der Waals surface area contributed by atoms with Crippen LogP contribution in [0.2, 0.25) is 0 Å². The van der Waals surface area contributed by atoms with E-state index < -0.39 is 0 Å². The Morgan fingerprint density at radius 1 is 1.12 bits per heavy atom. The van der Waals surface area contributed by atoms with Crippen molar-refractivity contribution in [2.24, 2.45) is 45.4 Å². The molecule has 3 nitrogen and oxygen atoms in total.